The number of nitrogens with zero attached hydrogens (tertiary/aromatic N) is 2. The number of aryl methyl sites for hydroxylation is 1. The largest absolute Gasteiger partial charge is 0.464 e. The Labute approximate surface area is 208 Å². The zero-order valence-electron chi connectivity index (χ0n) is 21.0. The minimum absolute atomic E-state index is 0.0357. The fourth-order valence-electron chi connectivity index (χ4n) is 3.92. The van der Waals surface area contributed by atoms with Crippen LogP contribution in [-0.4, -0.2) is 47.9 Å². The van der Waals surface area contributed by atoms with Gasteiger partial charge in [0.25, 0.3) is 0 Å². The zero-order valence-corrected chi connectivity index (χ0v) is 21.0. The van der Waals surface area contributed by atoms with Crippen molar-refractivity contribution in [2.45, 2.75) is 40.3 Å². The first kappa shape index (κ1) is 26.2. The molecule has 0 spiro atoms. The number of hydrogen-bond donors (Lipinski definition) is 0. The summed E-state index contributed by atoms with van der Waals surface area (Å²) in [5.74, 6) is 1.50. The Hall–Kier alpha value is -3.38. The molecule has 6 heteroatoms. The minimum Gasteiger partial charge on any atom is -0.464 e. The van der Waals surface area contributed by atoms with Crippen LogP contribution in [0.4, 0.5) is 0 Å². The van der Waals surface area contributed by atoms with Gasteiger partial charge in [-0.15, -0.1) is 0 Å². The predicted octanol–water partition coefficient (Wildman–Crippen LogP) is 4.86. The first-order valence-corrected chi connectivity index (χ1v) is 12.2. The summed E-state index contributed by atoms with van der Waals surface area (Å²) in [5, 5.41) is 0. The van der Waals surface area contributed by atoms with E-state index >= 15 is 0 Å². The molecule has 0 fully saturated rings. The Morgan fingerprint density at radius 3 is 2.14 bits per heavy atom. The summed E-state index contributed by atoms with van der Waals surface area (Å²) in [4.78, 5) is 29.7. The van der Waals surface area contributed by atoms with Crippen molar-refractivity contribution in [3.63, 3.8) is 0 Å². The number of furan rings is 1. The maximum atomic E-state index is 13.4. The number of hydrogen-bond acceptors (Lipinski definition) is 5. The number of rotatable bonds is 13. The summed E-state index contributed by atoms with van der Waals surface area (Å²) in [6.45, 7) is 8.07. The average Bonchev–Trinajstić information content (AvgIpc) is 3.25. The van der Waals surface area contributed by atoms with E-state index in [4.69, 9.17) is 9.15 Å². The van der Waals surface area contributed by atoms with Gasteiger partial charge in [-0.3, -0.25) is 14.5 Å². The topological polar surface area (TPSA) is 63.0 Å². The van der Waals surface area contributed by atoms with E-state index in [9.17, 15) is 9.59 Å². The van der Waals surface area contributed by atoms with Crippen LogP contribution in [0.15, 0.2) is 77.2 Å². The van der Waals surface area contributed by atoms with Crippen LogP contribution in [0.1, 0.15) is 36.5 Å². The third-order valence-corrected chi connectivity index (χ3v) is 5.59. The lowest BCUT2D eigenvalue weighted by Crippen LogP contribution is -2.44. The molecular weight excluding hydrogens is 440 g/mol. The molecule has 0 radical (unpaired) electrons. The van der Waals surface area contributed by atoms with Gasteiger partial charge in [0, 0.05) is 13.1 Å². The second-order valence-corrected chi connectivity index (χ2v) is 9.27. The molecular formula is C29H36N2O4. The molecule has 1 amide bonds. The number of benzene rings is 2. The molecule has 186 valence electrons. The fraction of sp³-hybridized carbons (Fsp3) is 0.379. The van der Waals surface area contributed by atoms with Gasteiger partial charge in [-0.2, -0.15) is 0 Å². The van der Waals surface area contributed by atoms with E-state index in [2.05, 4.69) is 26.0 Å². The van der Waals surface area contributed by atoms with E-state index in [1.807, 2.05) is 77.4 Å². The molecule has 0 bridgehead atoms. The Kier molecular flexibility index (Phi) is 10.1. The average molecular weight is 477 g/mol. The highest BCUT2D eigenvalue weighted by molar-refractivity contribution is 5.79. The van der Waals surface area contributed by atoms with Gasteiger partial charge in [-0.1, -0.05) is 74.5 Å². The molecule has 35 heavy (non-hydrogen) atoms. The van der Waals surface area contributed by atoms with Gasteiger partial charge in [-0.25, -0.2) is 0 Å². The molecule has 0 aliphatic heterocycles. The highest BCUT2D eigenvalue weighted by Gasteiger charge is 2.22. The van der Waals surface area contributed by atoms with Crippen LogP contribution in [-0.2, 0) is 33.9 Å². The molecule has 0 N–H and O–H groups in total. The third kappa shape index (κ3) is 9.41. The Bertz CT molecular complexity index is 1050. The molecule has 0 saturated carbocycles. The predicted molar refractivity (Wildman–Crippen MR) is 137 cm³/mol. The van der Waals surface area contributed by atoms with Gasteiger partial charge in [-0.05, 0) is 42.5 Å². The monoisotopic (exact) mass is 476 g/mol. The summed E-state index contributed by atoms with van der Waals surface area (Å²) in [6.07, 6.45) is 0.746. The van der Waals surface area contributed by atoms with Crippen LogP contribution in [0.5, 0.6) is 0 Å². The number of carbonyl (C=O) groups is 2. The lowest BCUT2D eigenvalue weighted by Gasteiger charge is -2.27. The van der Waals surface area contributed by atoms with E-state index < -0.39 is 0 Å². The van der Waals surface area contributed by atoms with Crippen molar-refractivity contribution in [1.82, 2.24) is 9.80 Å². The van der Waals surface area contributed by atoms with Gasteiger partial charge in [0.15, 0.2) is 0 Å². The maximum absolute atomic E-state index is 13.4. The molecule has 6 nitrogen and oxygen atoms in total. The van der Waals surface area contributed by atoms with Crippen LogP contribution in [0, 0.1) is 12.8 Å². The van der Waals surface area contributed by atoms with Crippen molar-refractivity contribution in [3.05, 3.63) is 95.4 Å². The van der Waals surface area contributed by atoms with E-state index in [0.29, 0.717) is 25.6 Å². The van der Waals surface area contributed by atoms with E-state index in [-0.39, 0.29) is 31.6 Å². The smallest absolute Gasteiger partial charge is 0.320 e. The highest BCUT2D eigenvalue weighted by Crippen LogP contribution is 2.12. The number of amides is 1. The summed E-state index contributed by atoms with van der Waals surface area (Å²) < 4.78 is 11.2. The quantitative estimate of drug-likeness (QED) is 0.330. The van der Waals surface area contributed by atoms with E-state index in [0.717, 1.165) is 23.5 Å². The molecule has 3 rings (SSSR count). The second-order valence-electron chi connectivity index (χ2n) is 9.27. The van der Waals surface area contributed by atoms with Crippen molar-refractivity contribution in [3.8, 4) is 0 Å². The Morgan fingerprint density at radius 2 is 1.54 bits per heavy atom. The Morgan fingerprint density at radius 1 is 0.886 bits per heavy atom. The van der Waals surface area contributed by atoms with Crippen molar-refractivity contribution < 1.29 is 18.7 Å². The first-order chi connectivity index (χ1) is 16.9. The molecule has 0 atom stereocenters. The molecule has 0 aliphatic rings. The van der Waals surface area contributed by atoms with E-state index in [1.165, 1.54) is 5.56 Å². The van der Waals surface area contributed by atoms with Crippen molar-refractivity contribution >= 4 is 11.9 Å². The summed E-state index contributed by atoms with van der Waals surface area (Å²) in [5.41, 5.74) is 2.11. The molecule has 1 heterocycles. The van der Waals surface area contributed by atoms with Crippen LogP contribution in [0.2, 0.25) is 0 Å². The summed E-state index contributed by atoms with van der Waals surface area (Å²) in [6, 6.07) is 23.5. The van der Waals surface area contributed by atoms with Crippen LogP contribution >= 0.6 is 0 Å². The van der Waals surface area contributed by atoms with Crippen molar-refractivity contribution in [2.75, 3.05) is 26.2 Å². The number of carbonyl (C=O) groups excluding carboxylic acids is 2. The van der Waals surface area contributed by atoms with Crippen LogP contribution in [0.3, 0.4) is 0 Å². The van der Waals surface area contributed by atoms with Crippen LogP contribution < -0.4 is 0 Å². The van der Waals surface area contributed by atoms with Crippen molar-refractivity contribution in [2.24, 2.45) is 5.92 Å². The molecule has 0 unspecified atom stereocenters. The molecule has 0 saturated heterocycles. The lowest BCUT2D eigenvalue weighted by molar-refractivity contribution is -0.147. The fourth-order valence-corrected chi connectivity index (χ4v) is 3.92. The summed E-state index contributed by atoms with van der Waals surface area (Å²) in [7, 11) is 0. The number of ether oxygens (including phenoxy) is 1. The zero-order chi connectivity index (χ0) is 25.0. The van der Waals surface area contributed by atoms with Crippen molar-refractivity contribution in [1.29, 1.82) is 0 Å². The Balaban J connectivity index is 1.63. The van der Waals surface area contributed by atoms with Gasteiger partial charge >= 0.3 is 5.97 Å². The molecule has 2 aromatic carbocycles. The van der Waals surface area contributed by atoms with Gasteiger partial charge in [0.2, 0.25) is 5.91 Å². The third-order valence-electron chi connectivity index (χ3n) is 5.59. The van der Waals surface area contributed by atoms with Gasteiger partial charge in [0.05, 0.1) is 19.6 Å². The minimum atomic E-state index is -0.334. The summed E-state index contributed by atoms with van der Waals surface area (Å²) >= 11 is 0. The standard InChI is InChI=1S/C29H36N2O4/c1-23(2)18-30(21-29(33)34-22-26-12-8-5-9-13-26)20-28(32)31(19-27-15-14-24(3)35-27)17-16-25-10-6-4-7-11-25/h4-15,23H,16-22H2,1-3H3. The molecule has 1 aromatic heterocycles. The van der Waals surface area contributed by atoms with E-state index in [1.54, 1.807) is 0 Å². The van der Waals surface area contributed by atoms with Gasteiger partial charge in [0.1, 0.15) is 18.1 Å². The normalized spacial score (nSPS) is 11.1. The van der Waals surface area contributed by atoms with Gasteiger partial charge < -0.3 is 14.1 Å². The SMILES string of the molecule is Cc1ccc(CN(CCc2ccccc2)C(=O)CN(CC(=O)OCc2ccccc2)CC(C)C)o1. The van der Waals surface area contributed by atoms with Crippen LogP contribution in [0.25, 0.3) is 0 Å². The lowest BCUT2D eigenvalue weighted by atomic mass is 10.1. The highest BCUT2D eigenvalue weighted by atomic mass is 16.5. The maximum Gasteiger partial charge on any atom is 0.320 e. The number of esters is 1. The second kappa shape index (κ2) is 13.5. The molecule has 3 aromatic rings. The molecule has 0 aliphatic carbocycles. The first-order valence-electron chi connectivity index (χ1n) is 12.2.